The third-order valence-electron chi connectivity index (χ3n) is 6.60. The van der Waals surface area contributed by atoms with E-state index < -0.39 is 34.3 Å². The number of ether oxygens (including phenoxy) is 1. The van der Waals surface area contributed by atoms with E-state index in [1.807, 2.05) is 13.8 Å². The van der Waals surface area contributed by atoms with Gasteiger partial charge >= 0.3 is 0 Å². The maximum absolute atomic E-state index is 14.1. The molecular weight excluding hydrogens is 625 g/mol. The number of carbonyl (C=O) groups excluding carboxylic acids is 2. The molecule has 0 aliphatic rings. The average Bonchev–Trinajstić information content (AvgIpc) is 2.97. The summed E-state index contributed by atoms with van der Waals surface area (Å²) in [5.74, 6) is -0.777. The normalized spacial score (nSPS) is 11.9. The van der Waals surface area contributed by atoms with Crippen molar-refractivity contribution in [3.8, 4) is 5.75 Å². The highest BCUT2D eigenvalue weighted by molar-refractivity contribution is 9.10. The Morgan fingerprint density at radius 3 is 2.17 bits per heavy atom. The molecule has 42 heavy (non-hydrogen) atoms. The van der Waals surface area contributed by atoms with Crippen LogP contribution in [-0.2, 0) is 26.2 Å². The van der Waals surface area contributed by atoms with Crippen molar-refractivity contribution in [2.75, 3.05) is 24.0 Å². The molecule has 0 aromatic heterocycles. The van der Waals surface area contributed by atoms with Gasteiger partial charge in [-0.25, -0.2) is 12.8 Å². The molecule has 0 aliphatic carbocycles. The quantitative estimate of drug-likeness (QED) is 0.205. The van der Waals surface area contributed by atoms with E-state index in [0.717, 1.165) is 17.1 Å². The maximum Gasteiger partial charge on any atom is 0.264 e. The van der Waals surface area contributed by atoms with Crippen LogP contribution in [0.25, 0.3) is 0 Å². The van der Waals surface area contributed by atoms with Crippen LogP contribution in [-0.4, -0.2) is 50.9 Å². The second-order valence-electron chi connectivity index (χ2n) is 9.61. The van der Waals surface area contributed by atoms with Gasteiger partial charge in [0, 0.05) is 17.6 Å². The Kier molecular flexibility index (Phi) is 12.4. The molecule has 0 saturated carbocycles. The fourth-order valence-corrected chi connectivity index (χ4v) is 6.03. The van der Waals surface area contributed by atoms with Crippen molar-refractivity contribution in [1.82, 2.24) is 10.2 Å². The van der Waals surface area contributed by atoms with Gasteiger partial charge in [0.25, 0.3) is 10.0 Å². The van der Waals surface area contributed by atoms with Gasteiger partial charge in [-0.2, -0.15) is 0 Å². The number of benzene rings is 3. The van der Waals surface area contributed by atoms with E-state index in [0.29, 0.717) is 35.4 Å². The van der Waals surface area contributed by atoms with Crippen molar-refractivity contribution in [2.24, 2.45) is 0 Å². The minimum Gasteiger partial charge on any atom is -0.494 e. The number of nitrogens with zero attached hydrogens (tertiary/aromatic N) is 2. The number of rotatable bonds is 15. The lowest BCUT2D eigenvalue weighted by atomic mass is 10.1. The summed E-state index contributed by atoms with van der Waals surface area (Å²) in [6, 6.07) is 17.3. The van der Waals surface area contributed by atoms with Crippen LogP contribution >= 0.6 is 15.9 Å². The summed E-state index contributed by atoms with van der Waals surface area (Å²) in [7, 11) is -4.20. The van der Waals surface area contributed by atoms with Gasteiger partial charge in [0.05, 0.1) is 17.2 Å². The van der Waals surface area contributed by atoms with Gasteiger partial charge in [0.1, 0.15) is 24.2 Å². The second kappa shape index (κ2) is 15.7. The first-order valence-corrected chi connectivity index (χ1v) is 16.2. The fourth-order valence-electron chi connectivity index (χ4n) is 4.35. The molecular formula is C31H37BrFN3O5S. The SMILES string of the molecule is CCCCNC(=O)[C@@H](CC)N(Cc1ccc(F)cc1)C(=O)CN(c1ccc(OCC)cc1)S(=O)(=O)c1ccc(Br)cc1. The van der Waals surface area contributed by atoms with Crippen molar-refractivity contribution >= 4 is 43.5 Å². The number of sulfonamides is 1. The van der Waals surface area contributed by atoms with E-state index in [-0.39, 0.29) is 23.0 Å². The first kappa shape index (κ1) is 33.1. The number of hydrogen-bond donors (Lipinski definition) is 1. The molecule has 0 fully saturated rings. The molecule has 11 heteroatoms. The van der Waals surface area contributed by atoms with Crippen molar-refractivity contribution in [1.29, 1.82) is 0 Å². The number of nitrogens with one attached hydrogen (secondary N) is 1. The molecule has 3 aromatic carbocycles. The molecule has 0 unspecified atom stereocenters. The summed E-state index contributed by atoms with van der Waals surface area (Å²) in [6.07, 6.45) is 1.97. The van der Waals surface area contributed by atoms with Crippen molar-refractivity contribution in [3.05, 3.63) is 88.6 Å². The van der Waals surface area contributed by atoms with E-state index in [4.69, 9.17) is 4.74 Å². The Labute approximate surface area is 256 Å². The topological polar surface area (TPSA) is 96.0 Å². The summed E-state index contributed by atoms with van der Waals surface area (Å²) in [5.41, 5.74) is 0.866. The Morgan fingerprint density at radius 1 is 0.952 bits per heavy atom. The zero-order chi connectivity index (χ0) is 30.7. The van der Waals surface area contributed by atoms with Gasteiger partial charge in [-0.3, -0.25) is 13.9 Å². The van der Waals surface area contributed by atoms with Gasteiger partial charge in [-0.1, -0.05) is 48.3 Å². The smallest absolute Gasteiger partial charge is 0.264 e. The zero-order valence-electron chi connectivity index (χ0n) is 24.1. The first-order chi connectivity index (χ1) is 20.1. The molecule has 2 amide bonds. The van der Waals surface area contributed by atoms with Crippen molar-refractivity contribution in [2.45, 2.75) is 57.5 Å². The van der Waals surface area contributed by atoms with Gasteiger partial charge < -0.3 is 15.0 Å². The Bertz CT molecular complexity index is 1420. The number of unbranched alkanes of at least 4 members (excludes halogenated alkanes) is 1. The minimum atomic E-state index is -4.20. The van der Waals surface area contributed by atoms with Crippen LogP contribution in [0.5, 0.6) is 5.75 Å². The van der Waals surface area contributed by atoms with Crippen LogP contribution in [0.2, 0.25) is 0 Å². The highest BCUT2D eigenvalue weighted by Gasteiger charge is 2.33. The molecule has 3 rings (SSSR count). The first-order valence-electron chi connectivity index (χ1n) is 13.9. The third-order valence-corrected chi connectivity index (χ3v) is 8.91. The van der Waals surface area contributed by atoms with Gasteiger partial charge in [0.2, 0.25) is 11.8 Å². The van der Waals surface area contributed by atoms with E-state index in [1.54, 1.807) is 55.5 Å². The van der Waals surface area contributed by atoms with Crippen LogP contribution in [0.3, 0.4) is 0 Å². The average molecular weight is 663 g/mol. The lowest BCUT2D eigenvalue weighted by Gasteiger charge is -2.33. The predicted molar refractivity (Wildman–Crippen MR) is 165 cm³/mol. The maximum atomic E-state index is 14.1. The fraction of sp³-hybridized carbons (Fsp3) is 0.355. The van der Waals surface area contributed by atoms with Crippen LogP contribution in [0.1, 0.15) is 45.6 Å². The number of carbonyl (C=O) groups is 2. The number of halogens is 2. The standard InChI is InChI=1S/C31H37BrFN3O5S/c1-4-7-20-34-31(38)29(5-2)35(21-23-8-12-25(33)13-9-23)30(37)22-36(26-14-16-27(17-15-26)41-6-3)42(39,40)28-18-10-24(32)11-19-28/h8-19,29H,4-7,20-22H2,1-3H3,(H,34,38)/t29-/m1/s1. The highest BCUT2D eigenvalue weighted by Crippen LogP contribution is 2.27. The van der Waals surface area contributed by atoms with E-state index in [1.165, 1.54) is 29.2 Å². The van der Waals surface area contributed by atoms with Crippen LogP contribution in [0.15, 0.2) is 82.2 Å². The lowest BCUT2D eigenvalue weighted by Crippen LogP contribution is -2.52. The van der Waals surface area contributed by atoms with E-state index in [9.17, 15) is 22.4 Å². The van der Waals surface area contributed by atoms with E-state index >= 15 is 0 Å². The highest BCUT2D eigenvalue weighted by atomic mass is 79.9. The monoisotopic (exact) mass is 661 g/mol. The van der Waals surface area contributed by atoms with Gasteiger partial charge in [0.15, 0.2) is 0 Å². The molecule has 0 aliphatic heterocycles. The van der Waals surface area contributed by atoms with Crippen molar-refractivity contribution < 1.29 is 27.1 Å². The van der Waals surface area contributed by atoms with Crippen LogP contribution < -0.4 is 14.4 Å². The lowest BCUT2D eigenvalue weighted by molar-refractivity contribution is -0.140. The molecule has 1 N–H and O–H groups in total. The third kappa shape index (κ3) is 8.78. The Morgan fingerprint density at radius 2 is 1.60 bits per heavy atom. The largest absolute Gasteiger partial charge is 0.494 e. The second-order valence-corrected chi connectivity index (χ2v) is 12.4. The molecule has 1 atom stereocenters. The summed E-state index contributed by atoms with van der Waals surface area (Å²) in [4.78, 5) is 28.7. The van der Waals surface area contributed by atoms with Crippen LogP contribution in [0, 0.1) is 5.82 Å². The molecule has 0 heterocycles. The predicted octanol–water partition coefficient (Wildman–Crippen LogP) is 5.91. The molecule has 0 radical (unpaired) electrons. The Balaban J connectivity index is 2.03. The van der Waals surface area contributed by atoms with Gasteiger partial charge in [-0.15, -0.1) is 0 Å². The molecule has 226 valence electrons. The Hall–Kier alpha value is -3.44. The minimum absolute atomic E-state index is 0.00168. The van der Waals surface area contributed by atoms with Crippen molar-refractivity contribution in [3.63, 3.8) is 0 Å². The number of hydrogen-bond acceptors (Lipinski definition) is 5. The summed E-state index contributed by atoms with van der Waals surface area (Å²) < 4.78 is 48.8. The van der Waals surface area contributed by atoms with E-state index in [2.05, 4.69) is 21.2 Å². The number of anilines is 1. The molecule has 0 bridgehead atoms. The van der Waals surface area contributed by atoms with Crippen LogP contribution in [0.4, 0.5) is 10.1 Å². The zero-order valence-corrected chi connectivity index (χ0v) is 26.5. The molecule has 0 spiro atoms. The number of amides is 2. The van der Waals surface area contributed by atoms with Gasteiger partial charge in [-0.05, 0) is 86.0 Å². The molecule has 3 aromatic rings. The summed E-state index contributed by atoms with van der Waals surface area (Å²) in [5, 5.41) is 2.89. The summed E-state index contributed by atoms with van der Waals surface area (Å²) >= 11 is 3.33. The summed E-state index contributed by atoms with van der Waals surface area (Å²) in [6.45, 7) is 5.97. The molecule has 8 nitrogen and oxygen atoms in total. The molecule has 0 saturated heterocycles.